The zero-order valence-electron chi connectivity index (χ0n) is 9.01. The number of hydrogen-bond donors (Lipinski definition) is 1. The summed E-state index contributed by atoms with van der Waals surface area (Å²) in [5.74, 6) is 1.91. The molecule has 0 radical (unpaired) electrons. The normalized spacial score (nSPS) is 28.2. The second kappa shape index (κ2) is 6.39. The molecule has 2 nitrogen and oxygen atoms in total. The van der Waals surface area contributed by atoms with Crippen LogP contribution in [0.15, 0.2) is 0 Å². The molecule has 13 heavy (non-hydrogen) atoms. The minimum absolute atomic E-state index is 0.837. The van der Waals surface area contributed by atoms with Crippen LogP contribution in [0.5, 0.6) is 0 Å². The molecular weight excluding hydrogens is 162 g/mol. The highest BCUT2D eigenvalue weighted by molar-refractivity contribution is 4.77. The van der Waals surface area contributed by atoms with E-state index in [9.17, 15) is 0 Å². The Bertz CT molecular complexity index is 127. The molecule has 78 valence electrons. The molecule has 1 fully saturated rings. The summed E-state index contributed by atoms with van der Waals surface area (Å²) in [6.07, 6.45) is 5.68. The third-order valence-corrected chi connectivity index (χ3v) is 3.23. The van der Waals surface area contributed by atoms with Gasteiger partial charge in [0.2, 0.25) is 0 Å². The molecule has 0 heterocycles. The fraction of sp³-hybridized carbons (Fsp3) is 1.00. The summed E-state index contributed by atoms with van der Waals surface area (Å²) in [5, 5.41) is 3.47. The van der Waals surface area contributed by atoms with Crippen molar-refractivity contribution in [2.75, 3.05) is 26.8 Å². The van der Waals surface area contributed by atoms with Crippen LogP contribution in [-0.4, -0.2) is 26.8 Å². The monoisotopic (exact) mass is 185 g/mol. The van der Waals surface area contributed by atoms with Gasteiger partial charge >= 0.3 is 0 Å². The average Bonchev–Trinajstić information content (AvgIpc) is 2.60. The molecule has 0 aromatic rings. The molecular formula is C11H23NO. The van der Waals surface area contributed by atoms with Crippen molar-refractivity contribution in [1.82, 2.24) is 5.32 Å². The SMILES string of the molecule is CCC1CCCC1CNCCOC. The summed E-state index contributed by atoms with van der Waals surface area (Å²) in [6, 6.07) is 0. The fourth-order valence-corrected chi connectivity index (χ4v) is 2.38. The molecule has 0 aromatic heterocycles. The molecule has 1 aliphatic carbocycles. The Morgan fingerprint density at radius 3 is 2.77 bits per heavy atom. The Morgan fingerprint density at radius 2 is 2.08 bits per heavy atom. The summed E-state index contributed by atoms with van der Waals surface area (Å²) in [7, 11) is 1.76. The lowest BCUT2D eigenvalue weighted by Crippen LogP contribution is -2.27. The molecule has 2 atom stereocenters. The smallest absolute Gasteiger partial charge is 0.0587 e. The topological polar surface area (TPSA) is 21.3 Å². The summed E-state index contributed by atoms with van der Waals surface area (Å²) in [5.41, 5.74) is 0. The number of nitrogens with one attached hydrogen (secondary N) is 1. The van der Waals surface area contributed by atoms with Gasteiger partial charge in [-0.05, 0) is 24.8 Å². The average molecular weight is 185 g/mol. The van der Waals surface area contributed by atoms with Crippen LogP contribution in [0.25, 0.3) is 0 Å². The maximum absolute atomic E-state index is 5.00. The van der Waals surface area contributed by atoms with Crippen LogP contribution in [0, 0.1) is 11.8 Å². The quantitative estimate of drug-likeness (QED) is 0.639. The Balaban J connectivity index is 2.06. The van der Waals surface area contributed by atoms with E-state index >= 15 is 0 Å². The predicted octanol–water partition coefficient (Wildman–Crippen LogP) is 2.05. The van der Waals surface area contributed by atoms with Crippen molar-refractivity contribution in [3.05, 3.63) is 0 Å². The first-order chi connectivity index (χ1) is 6.38. The molecule has 2 heteroatoms. The van der Waals surface area contributed by atoms with Crippen LogP contribution in [0.4, 0.5) is 0 Å². The summed E-state index contributed by atoms with van der Waals surface area (Å²) in [4.78, 5) is 0. The molecule has 2 unspecified atom stereocenters. The van der Waals surface area contributed by atoms with E-state index in [4.69, 9.17) is 4.74 Å². The van der Waals surface area contributed by atoms with Crippen molar-refractivity contribution in [1.29, 1.82) is 0 Å². The van der Waals surface area contributed by atoms with E-state index in [2.05, 4.69) is 12.2 Å². The predicted molar refractivity (Wildman–Crippen MR) is 55.9 cm³/mol. The summed E-state index contributed by atoms with van der Waals surface area (Å²) >= 11 is 0. The fourth-order valence-electron chi connectivity index (χ4n) is 2.38. The molecule has 0 bridgehead atoms. The number of hydrogen-bond acceptors (Lipinski definition) is 2. The number of methoxy groups -OCH3 is 1. The van der Waals surface area contributed by atoms with Crippen LogP contribution < -0.4 is 5.32 Å². The van der Waals surface area contributed by atoms with Gasteiger partial charge < -0.3 is 10.1 Å². The largest absolute Gasteiger partial charge is 0.383 e. The van der Waals surface area contributed by atoms with Crippen molar-refractivity contribution < 1.29 is 4.74 Å². The highest BCUT2D eigenvalue weighted by atomic mass is 16.5. The standard InChI is InChI=1S/C11H23NO/c1-3-10-5-4-6-11(10)9-12-7-8-13-2/h10-12H,3-9H2,1-2H3. The van der Waals surface area contributed by atoms with Crippen molar-refractivity contribution >= 4 is 0 Å². The lowest BCUT2D eigenvalue weighted by atomic mass is 9.94. The molecule has 0 aliphatic heterocycles. The lowest BCUT2D eigenvalue weighted by Gasteiger charge is -2.18. The molecule has 0 aromatic carbocycles. The van der Waals surface area contributed by atoms with Gasteiger partial charge in [-0.1, -0.05) is 26.2 Å². The molecule has 1 aliphatic rings. The van der Waals surface area contributed by atoms with E-state index in [1.54, 1.807) is 7.11 Å². The molecule has 0 saturated heterocycles. The lowest BCUT2D eigenvalue weighted by molar-refractivity contribution is 0.196. The summed E-state index contributed by atoms with van der Waals surface area (Å²) < 4.78 is 5.00. The van der Waals surface area contributed by atoms with Crippen molar-refractivity contribution in [3.8, 4) is 0 Å². The Labute approximate surface area is 82.0 Å². The van der Waals surface area contributed by atoms with Gasteiger partial charge in [0.05, 0.1) is 6.61 Å². The first-order valence-corrected chi connectivity index (χ1v) is 5.58. The third-order valence-electron chi connectivity index (χ3n) is 3.23. The molecule has 0 amide bonds. The van der Waals surface area contributed by atoms with Crippen molar-refractivity contribution in [2.45, 2.75) is 32.6 Å². The Morgan fingerprint density at radius 1 is 1.31 bits per heavy atom. The minimum Gasteiger partial charge on any atom is -0.383 e. The maximum atomic E-state index is 5.00. The van der Waals surface area contributed by atoms with Crippen LogP contribution in [0.2, 0.25) is 0 Å². The number of ether oxygens (including phenoxy) is 1. The summed E-state index contributed by atoms with van der Waals surface area (Å²) in [6.45, 7) is 5.35. The van der Waals surface area contributed by atoms with Gasteiger partial charge in [-0.25, -0.2) is 0 Å². The molecule has 0 spiro atoms. The first kappa shape index (κ1) is 11.0. The van der Waals surface area contributed by atoms with E-state index in [1.165, 1.54) is 32.2 Å². The Hall–Kier alpha value is -0.0800. The van der Waals surface area contributed by atoms with E-state index < -0.39 is 0 Å². The Kier molecular flexibility index (Phi) is 5.40. The first-order valence-electron chi connectivity index (χ1n) is 5.58. The second-order valence-corrected chi connectivity index (χ2v) is 4.06. The highest BCUT2D eigenvalue weighted by Crippen LogP contribution is 2.33. The van der Waals surface area contributed by atoms with Crippen LogP contribution in [-0.2, 0) is 4.74 Å². The zero-order chi connectivity index (χ0) is 9.52. The maximum Gasteiger partial charge on any atom is 0.0587 e. The zero-order valence-corrected chi connectivity index (χ0v) is 9.01. The van der Waals surface area contributed by atoms with E-state index in [0.29, 0.717) is 0 Å². The third kappa shape index (κ3) is 3.65. The van der Waals surface area contributed by atoms with Gasteiger partial charge in [0, 0.05) is 13.7 Å². The van der Waals surface area contributed by atoms with Gasteiger partial charge in [0.25, 0.3) is 0 Å². The van der Waals surface area contributed by atoms with Crippen molar-refractivity contribution in [3.63, 3.8) is 0 Å². The molecule has 1 N–H and O–H groups in total. The minimum atomic E-state index is 0.837. The van der Waals surface area contributed by atoms with Gasteiger partial charge in [0.15, 0.2) is 0 Å². The van der Waals surface area contributed by atoms with Gasteiger partial charge in [-0.3, -0.25) is 0 Å². The van der Waals surface area contributed by atoms with Crippen LogP contribution in [0.3, 0.4) is 0 Å². The van der Waals surface area contributed by atoms with Crippen LogP contribution >= 0.6 is 0 Å². The van der Waals surface area contributed by atoms with E-state index in [0.717, 1.165) is 25.0 Å². The second-order valence-electron chi connectivity index (χ2n) is 4.06. The molecule has 1 rings (SSSR count). The van der Waals surface area contributed by atoms with Crippen molar-refractivity contribution in [2.24, 2.45) is 11.8 Å². The van der Waals surface area contributed by atoms with Gasteiger partial charge in [-0.2, -0.15) is 0 Å². The highest BCUT2D eigenvalue weighted by Gasteiger charge is 2.24. The van der Waals surface area contributed by atoms with Crippen LogP contribution in [0.1, 0.15) is 32.6 Å². The van der Waals surface area contributed by atoms with Gasteiger partial charge in [0.1, 0.15) is 0 Å². The van der Waals surface area contributed by atoms with E-state index in [-0.39, 0.29) is 0 Å². The number of rotatable bonds is 6. The van der Waals surface area contributed by atoms with E-state index in [1.807, 2.05) is 0 Å². The molecule has 1 saturated carbocycles. The van der Waals surface area contributed by atoms with Gasteiger partial charge in [-0.15, -0.1) is 0 Å².